The third-order valence-electron chi connectivity index (χ3n) is 3.21. The maximum atomic E-state index is 13.2. The van der Waals surface area contributed by atoms with Gasteiger partial charge < -0.3 is 15.7 Å². The Labute approximate surface area is 114 Å². The van der Waals surface area contributed by atoms with Gasteiger partial charge in [0.2, 0.25) is 0 Å². The molecule has 3 N–H and O–H groups in total. The van der Waals surface area contributed by atoms with Crippen molar-refractivity contribution in [3.05, 3.63) is 34.9 Å². The number of halogens is 2. The van der Waals surface area contributed by atoms with Gasteiger partial charge >= 0.3 is 5.97 Å². The molecule has 0 radical (unpaired) electrons. The number of carbonyl (C=O) groups is 2. The number of amides is 1. The minimum absolute atomic E-state index is 0.0986. The molecule has 1 aliphatic heterocycles. The third kappa shape index (κ3) is 3.11. The second-order valence-corrected chi connectivity index (χ2v) is 4.61. The number of carbonyl (C=O) groups excluding carboxylic acids is 1. The second kappa shape index (κ2) is 5.96. The van der Waals surface area contributed by atoms with Crippen LogP contribution in [0, 0.1) is 11.6 Å². The summed E-state index contributed by atoms with van der Waals surface area (Å²) in [6, 6.07) is 1.04. The largest absolute Gasteiger partial charge is 0.478 e. The van der Waals surface area contributed by atoms with Crippen molar-refractivity contribution < 1.29 is 23.5 Å². The van der Waals surface area contributed by atoms with E-state index in [2.05, 4.69) is 10.6 Å². The molecule has 1 amide bonds. The van der Waals surface area contributed by atoms with E-state index in [9.17, 15) is 18.4 Å². The fraction of sp³-hybridized carbons (Fsp3) is 0.385. The molecule has 0 unspecified atom stereocenters. The molecule has 0 atom stereocenters. The van der Waals surface area contributed by atoms with Crippen LogP contribution in [0.25, 0.3) is 0 Å². The van der Waals surface area contributed by atoms with Crippen molar-refractivity contribution in [2.24, 2.45) is 0 Å². The number of nitrogens with one attached hydrogen (secondary N) is 2. The predicted octanol–water partition coefficient (Wildman–Crippen LogP) is 1.14. The highest BCUT2D eigenvalue weighted by Gasteiger charge is 2.23. The summed E-state index contributed by atoms with van der Waals surface area (Å²) in [6.45, 7) is 1.49. The van der Waals surface area contributed by atoms with E-state index in [0.717, 1.165) is 13.1 Å². The topological polar surface area (TPSA) is 78.4 Å². The number of hydrogen-bond donors (Lipinski definition) is 3. The van der Waals surface area contributed by atoms with Gasteiger partial charge in [-0.15, -0.1) is 0 Å². The molecule has 0 saturated carbocycles. The summed E-state index contributed by atoms with van der Waals surface area (Å²) in [5.41, 5.74) is -0.912. The van der Waals surface area contributed by atoms with E-state index in [1.165, 1.54) is 0 Å². The van der Waals surface area contributed by atoms with Crippen molar-refractivity contribution in [2.75, 3.05) is 13.1 Å². The van der Waals surface area contributed by atoms with Gasteiger partial charge in [0.15, 0.2) is 11.6 Å². The van der Waals surface area contributed by atoms with E-state index in [0.29, 0.717) is 25.0 Å². The van der Waals surface area contributed by atoms with Crippen LogP contribution in [-0.2, 0) is 0 Å². The molecule has 1 aromatic rings. The molecule has 7 heteroatoms. The summed E-state index contributed by atoms with van der Waals surface area (Å²) in [6.07, 6.45) is 1.41. The Morgan fingerprint density at radius 2 is 1.70 bits per heavy atom. The second-order valence-electron chi connectivity index (χ2n) is 4.61. The summed E-state index contributed by atoms with van der Waals surface area (Å²) in [5, 5.41) is 14.7. The number of benzene rings is 1. The Kier molecular flexibility index (Phi) is 4.29. The van der Waals surface area contributed by atoms with Crippen LogP contribution in [0.3, 0.4) is 0 Å². The lowest BCUT2D eigenvalue weighted by atomic mass is 10.0. The van der Waals surface area contributed by atoms with Gasteiger partial charge in [-0.3, -0.25) is 4.79 Å². The van der Waals surface area contributed by atoms with Crippen molar-refractivity contribution in [3.63, 3.8) is 0 Å². The van der Waals surface area contributed by atoms with Gasteiger partial charge in [0.05, 0.1) is 11.1 Å². The summed E-state index contributed by atoms with van der Waals surface area (Å²) in [5.74, 6) is -4.71. The molecule has 1 saturated heterocycles. The lowest BCUT2D eigenvalue weighted by Gasteiger charge is -2.24. The van der Waals surface area contributed by atoms with Crippen molar-refractivity contribution in [2.45, 2.75) is 18.9 Å². The Morgan fingerprint density at radius 3 is 2.25 bits per heavy atom. The Balaban J connectivity index is 2.23. The molecule has 1 heterocycles. The molecule has 2 rings (SSSR count). The van der Waals surface area contributed by atoms with Crippen LogP contribution in [-0.4, -0.2) is 36.1 Å². The first-order valence-electron chi connectivity index (χ1n) is 6.23. The summed E-state index contributed by atoms with van der Waals surface area (Å²) in [7, 11) is 0. The Morgan fingerprint density at radius 1 is 1.15 bits per heavy atom. The third-order valence-corrected chi connectivity index (χ3v) is 3.21. The first-order valence-corrected chi connectivity index (χ1v) is 6.23. The molecule has 0 aromatic heterocycles. The monoisotopic (exact) mass is 284 g/mol. The van der Waals surface area contributed by atoms with Gasteiger partial charge in [-0.1, -0.05) is 0 Å². The van der Waals surface area contributed by atoms with E-state index in [-0.39, 0.29) is 11.6 Å². The average molecular weight is 284 g/mol. The van der Waals surface area contributed by atoms with E-state index in [4.69, 9.17) is 5.11 Å². The van der Waals surface area contributed by atoms with Gasteiger partial charge in [0, 0.05) is 6.04 Å². The summed E-state index contributed by atoms with van der Waals surface area (Å²) >= 11 is 0. The Hall–Kier alpha value is -2.02. The predicted molar refractivity (Wildman–Crippen MR) is 66.7 cm³/mol. The molecule has 0 spiro atoms. The zero-order valence-electron chi connectivity index (χ0n) is 10.6. The standard InChI is InChI=1S/C13H14F2N2O3/c14-10-5-8(9(13(19)20)6-11(10)15)12(18)17-7-1-3-16-4-2-7/h5-7,16H,1-4H2,(H,17,18)(H,19,20). The molecular weight excluding hydrogens is 270 g/mol. The van der Waals surface area contributed by atoms with Crippen LogP contribution in [0.15, 0.2) is 12.1 Å². The normalized spacial score (nSPS) is 15.9. The number of hydrogen-bond acceptors (Lipinski definition) is 3. The molecule has 1 aromatic carbocycles. The van der Waals surface area contributed by atoms with Crippen molar-refractivity contribution in [1.82, 2.24) is 10.6 Å². The lowest BCUT2D eigenvalue weighted by molar-refractivity contribution is 0.0689. The summed E-state index contributed by atoms with van der Waals surface area (Å²) < 4.78 is 26.3. The van der Waals surface area contributed by atoms with E-state index < -0.39 is 29.1 Å². The Bertz CT molecular complexity index is 543. The maximum absolute atomic E-state index is 13.2. The minimum atomic E-state index is -1.47. The highest BCUT2D eigenvalue weighted by molar-refractivity contribution is 6.04. The van der Waals surface area contributed by atoms with Crippen molar-refractivity contribution >= 4 is 11.9 Å². The number of piperidine rings is 1. The molecular formula is C13H14F2N2O3. The average Bonchev–Trinajstić information content (AvgIpc) is 2.42. The van der Waals surface area contributed by atoms with E-state index in [1.807, 2.05) is 0 Å². The van der Waals surface area contributed by atoms with E-state index in [1.54, 1.807) is 0 Å². The van der Waals surface area contributed by atoms with Crippen molar-refractivity contribution in [3.8, 4) is 0 Å². The van der Waals surface area contributed by atoms with Gasteiger partial charge in [-0.05, 0) is 38.1 Å². The minimum Gasteiger partial charge on any atom is -0.478 e. The lowest BCUT2D eigenvalue weighted by Crippen LogP contribution is -2.43. The fourth-order valence-corrected chi connectivity index (χ4v) is 2.14. The van der Waals surface area contributed by atoms with Gasteiger partial charge in [0.25, 0.3) is 5.91 Å². The van der Waals surface area contributed by atoms with Gasteiger partial charge in [-0.2, -0.15) is 0 Å². The molecule has 1 aliphatic rings. The smallest absolute Gasteiger partial charge is 0.336 e. The van der Waals surface area contributed by atoms with Crippen LogP contribution in [0.2, 0.25) is 0 Å². The van der Waals surface area contributed by atoms with Crippen LogP contribution in [0.1, 0.15) is 33.6 Å². The zero-order chi connectivity index (χ0) is 14.7. The van der Waals surface area contributed by atoms with Crippen LogP contribution >= 0.6 is 0 Å². The van der Waals surface area contributed by atoms with Gasteiger partial charge in [0.1, 0.15) is 0 Å². The number of carboxylic acid groups (broad SMARTS) is 1. The number of rotatable bonds is 3. The SMILES string of the molecule is O=C(O)c1cc(F)c(F)cc1C(=O)NC1CCNCC1. The van der Waals surface area contributed by atoms with Gasteiger partial charge in [-0.25, -0.2) is 13.6 Å². The van der Waals surface area contributed by atoms with Crippen LogP contribution in [0.5, 0.6) is 0 Å². The molecule has 108 valence electrons. The van der Waals surface area contributed by atoms with Crippen molar-refractivity contribution in [1.29, 1.82) is 0 Å². The molecule has 1 fully saturated rings. The summed E-state index contributed by atoms with van der Waals surface area (Å²) in [4.78, 5) is 23.0. The highest BCUT2D eigenvalue weighted by atomic mass is 19.2. The van der Waals surface area contributed by atoms with E-state index >= 15 is 0 Å². The fourth-order valence-electron chi connectivity index (χ4n) is 2.14. The van der Waals surface area contributed by atoms with Crippen LogP contribution in [0.4, 0.5) is 8.78 Å². The zero-order valence-corrected chi connectivity index (χ0v) is 10.6. The molecule has 5 nitrogen and oxygen atoms in total. The quantitative estimate of drug-likeness (QED) is 0.778. The molecule has 0 bridgehead atoms. The number of aromatic carboxylic acids is 1. The number of carboxylic acids is 1. The first-order chi connectivity index (χ1) is 9.49. The van der Waals surface area contributed by atoms with Crippen LogP contribution < -0.4 is 10.6 Å². The first kappa shape index (κ1) is 14.4. The maximum Gasteiger partial charge on any atom is 0.336 e. The highest BCUT2D eigenvalue weighted by Crippen LogP contribution is 2.16. The molecule has 20 heavy (non-hydrogen) atoms. The molecule has 0 aliphatic carbocycles.